The Balaban J connectivity index is 1.31. The Labute approximate surface area is 494 Å². The number of nitrogens with one attached hydrogen (secondary N) is 2. The van der Waals surface area contributed by atoms with Gasteiger partial charge in [0.15, 0.2) is 36.8 Å². The van der Waals surface area contributed by atoms with Crippen LogP contribution in [0.25, 0.3) is 11.1 Å². The van der Waals surface area contributed by atoms with E-state index in [9.17, 15) is 48.3 Å². The summed E-state index contributed by atoms with van der Waals surface area (Å²) in [6.45, 7) is -0.0365. The second kappa shape index (κ2) is 31.0. The van der Waals surface area contributed by atoms with E-state index in [1.54, 1.807) is 66.7 Å². The highest BCUT2D eigenvalue weighted by atomic mass is 16.8. The Kier molecular flexibility index (Phi) is 23.2. The quantitative estimate of drug-likeness (QED) is 0.0316. The highest BCUT2D eigenvalue weighted by Gasteiger charge is 2.61. The molecule has 0 aliphatic carbocycles. The zero-order chi connectivity index (χ0) is 61.8. The first-order chi connectivity index (χ1) is 41.4. The van der Waals surface area contributed by atoms with Crippen molar-refractivity contribution in [3.05, 3.63) is 168 Å². The number of rotatable bonds is 25. The molecule has 2 aliphatic heterocycles. The number of benzene rings is 5. The second-order valence-corrected chi connectivity index (χ2v) is 19.6. The molecule has 11 atom stereocenters. The van der Waals surface area contributed by atoms with Gasteiger partial charge in [-0.3, -0.25) is 24.0 Å². The van der Waals surface area contributed by atoms with Crippen LogP contribution in [-0.4, -0.2) is 159 Å². The molecule has 0 aromatic heterocycles. The van der Waals surface area contributed by atoms with E-state index in [4.69, 9.17) is 58.5 Å². The molecule has 86 heavy (non-hydrogen) atoms. The zero-order valence-corrected chi connectivity index (χ0v) is 47.3. The highest BCUT2D eigenvalue weighted by Crippen LogP contribution is 2.39. The molecule has 23 nitrogen and oxygen atoms in total. The molecule has 2 fully saturated rings. The van der Waals surface area contributed by atoms with Crippen molar-refractivity contribution in [2.75, 3.05) is 33.5 Å². The van der Waals surface area contributed by atoms with Gasteiger partial charge in [0.05, 0.1) is 62.4 Å². The van der Waals surface area contributed by atoms with E-state index in [2.05, 4.69) is 16.6 Å². The Bertz CT molecular complexity index is 3180. The number of hydrogen-bond acceptors (Lipinski definition) is 21. The number of methoxy groups -OCH3 is 1. The largest absolute Gasteiger partial charge is 0.465 e. The van der Waals surface area contributed by atoms with Crippen molar-refractivity contribution < 1.29 is 100 Å². The molecule has 0 unspecified atom stereocenters. The second-order valence-electron chi connectivity index (χ2n) is 19.6. The van der Waals surface area contributed by atoms with Crippen LogP contribution in [0.3, 0.4) is 0 Å². The van der Waals surface area contributed by atoms with Crippen LogP contribution in [0.2, 0.25) is 0 Å². The number of carbonyl (C=O) groups excluding carboxylic acids is 9. The summed E-state index contributed by atoms with van der Waals surface area (Å²) < 4.78 is 66.7. The molecule has 3 N–H and O–H groups in total. The lowest BCUT2D eigenvalue weighted by Crippen LogP contribution is -2.70. The first-order valence-electron chi connectivity index (χ1n) is 27.1. The van der Waals surface area contributed by atoms with E-state index < -0.39 is 147 Å². The number of terminal acetylenes is 1. The van der Waals surface area contributed by atoms with E-state index in [0.29, 0.717) is 5.56 Å². The smallest absolute Gasteiger partial charge is 0.366 e. The van der Waals surface area contributed by atoms with Gasteiger partial charge in [0, 0.05) is 27.2 Å². The third-order valence-electron chi connectivity index (χ3n) is 13.4. The Hall–Kier alpha value is -9.31. The van der Waals surface area contributed by atoms with Crippen molar-refractivity contribution in [1.29, 1.82) is 0 Å². The monoisotopic (exact) mass is 1180 g/mol. The maximum atomic E-state index is 14.7. The molecule has 5 aromatic rings. The first kappa shape index (κ1) is 64.3. The van der Waals surface area contributed by atoms with E-state index in [1.807, 2.05) is 42.5 Å². The summed E-state index contributed by atoms with van der Waals surface area (Å²) in [5.74, 6) is -9.55. The Morgan fingerprint density at radius 1 is 0.651 bits per heavy atom. The molecule has 2 aliphatic rings. The van der Waals surface area contributed by atoms with Gasteiger partial charge in [-0.25, -0.2) is 19.2 Å². The summed E-state index contributed by atoms with van der Waals surface area (Å²) in [5.41, 5.74) is 2.46. The standard InChI is InChI=1S/C63H64N2O21/c1-6-7-32-77-61-57(85-60(74)46-26-18-11-19-27-46)56(84-59(73)45-24-16-10-17-25-45)54(83-58(72)44-22-14-9-15-23-44)49(82-61)37-78-63(62(75)76-5)34-47(79-38(2)67)52(65-51(71)36-66)55(86-63)53(81-40(4)69)48(80-39(3)68)35-64-50(70)33-41-28-30-43(31-29-41)42-20-12-8-13-21-42/h1,8-31,47-49,52-57,61,66H,7,32-37H2,2-5H3,(H,64,70)(H,65,71)/t47-,48+,49+,52+,53+,54-,55+,56-,57+,61+,63+/m0/s1. The summed E-state index contributed by atoms with van der Waals surface area (Å²) in [4.78, 5) is 124. The van der Waals surface area contributed by atoms with Crippen LogP contribution in [0, 0.1) is 12.3 Å². The molecule has 23 heteroatoms. The van der Waals surface area contributed by atoms with Crippen LogP contribution in [0.15, 0.2) is 146 Å². The molecule has 452 valence electrons. The number of ether oxygens (including phenoxy) is 11. The minimum atomic E-state index is -2.89. The fourth-order valence-electron chi connectivity index (χ4n) is 9.58. The average molecular weight is 1190 g/mol. The molecule has 0 bridgehead atoms. The van der Waals surface area contributed by atoms with Gasteiger partial charge in [-0.15, -0.1) is 12.3 Å². The Morgan fingerprint density at radius 2 is 1.17 bits per heavy atom. The van der Waals surface area contributed by atoms with Crippen molar-refractivity contribution in [1.82, 2.24) is 10.6 Å². The predicted molar refractivity (Wildman–Crippen MR) is 299 cm³/mol. The summed E-state index contributed by atoms with van der Waals surface area (Å²) >= 11 is 0. The van der Waals surface area contributed by atoms with Crippen molar-refractivity contribution >= 4 is 53.6 Å². The number of hydrogen-bond donors (Lipinski definition) is 3. The summed E-state index contributed by atoms with van der Waals surface area (Å²) in [6, 6.07) is 37.8. The summed E-state index contributed by atoms with van der Waals surface area (Å²) in [6.07, 6.45) is -12.0. The minimum Gasteiger partial charge on any atom is -0.465 e. The molecule has 7 rings (SSSR count). The predicted octanol–water partition coefficient (Wildman–Crippen LogP) is 4.40. The van der Waals surface area contributed by atoms with Crippen LogP contribution in [0.4, 0.5) is 0 Å². The van der Waals surface area contributed by atoms with Gasteiger partial charge < -0.3 is 67.8 Å². The van der Waals surface area contributed by atoms with Crippen LogP contribution in [0.5, 0.6) is 0 Å². The van der Waals surface area contributed by atoms with E-state index in [0.717, 1.165) is 39.0 Å². The molecule has 0 radical (unpaired) electrons. The SMILES string of the molecule is C#CCCO[C@@H]1O[C@H](CO[C@]2(C(=O)OC)C[C@H](OC(C)=O)[C@@H](NC(=O)CO)[C@H]([C@H](OC(C)=O)[C@@H](CNC(=O)Cc3ccc(-c4ccccc4)cc3)OC(C)=O)O2)[C@H](OC(=O)c2ccccc2)[C@H](OC(=O)c2ccccc2)[C@H]1OC(=O)c1ccccc1. The number of esters is 7. The van der Waals surface area contributed by atoms with Crippen molar-refractivity contribution in [2.24, 2.45) is 0 Å². The topological polar surface area (TPSA) is 299 Å². The van der Waals surface area contributed by atoms with Crippen molar-refractivity contribution in [3.63, 3.8) is 0 Å². The maximum Gasteiger partial charge on any atom is 0.366 e. The molecule has 2 saturated heterocycles. The highest BCUT2D eigenvalue weighted by molar-refractivity contribution is 5.91. The van der Waals surface area contributed by atoms with Crippen LogP contribution in [0.1, 0.15) is 70.3 Å². The Morgan fingerprint density at radius 3 is 1.69 bits per heavy atom. The third-order valence-corrected chi connectivity index (χ3v) is 13.4. The fourth-order valence-corrected chi connectivity index (χ4v) is 9.58. The number of aliphatic hydroxyl groups is 1. The van der Waals surface area contributed by atoms with Gasteiger partial charge in [0.25, 0.3) is 5.79 Å². The lowest BCUT2D eigenvalue weighted by Gasteiger charge is -2.49. The van der Waals surface area contributed by atoms with Crippen LogP contribution in [-0.2, 0) is 87.3 Å². The number of carbonyl (C=O) groups is 9. The van der Waals surface area contributed by atoms with Gasteiger partial charge in [0.1, 0.15) is 24.9 Å². The molecule has 0 saturated carbocycles. The molecular weight excluding hydrogens is 1120 g/mol. The van der Waals surface area contributed by atoms with Crippen molar-refractivity contribution in [2.45, 2.75) is 107 Å². The summed E-state index contributed by atoms with van der Waals surface area (Å²) in [5, 5.41) is 15.2. The number of aliphatic hydroxyl groups excluding tert-OH is 1. The molecule has 2 amide bonds. The molecule has 0 spiro atoms. The zero-order valence-electron chi connectivity index (χ0n) is 47.3. The number of amides is 2. The molecule has 2 heterocycles. The van der Waals surface area contributed by atoms with E-state index in [-0.39, 0.29) is 36.1 Å². The fraction of sp³-hybridized carbons (Fsp3) is 0.349. The van der Waals surface area contributed by atoms with Crippen LogP contribution >= 0.6 is 0 Å². The molecular formula is C63H64N2O21. The van der Waals surface area contributed by atoms with Gasteiger partial charge >= 0.3 is 41.8 Å². The summed E-state index contributed by atoms with van der Waals surface area (Å²) in [7, 11) is 0.934. The first-order valence-corrected chi connectivity index (χ1v) is 27.1. The normalized spacial score (nSPS) is 22.1. The van der Waals surface area contributed by atoms with Gasteiger partial charge in [-0.2, -0.15) is 0 Å². The third kappa shape index (κ3) is 17.4. The molecule has 5 aromatic carbocycles. The van der Waals surface area contributed by atoms with Gasteiger partial charge in [0.2, 0.25) is 11.8 Å². The van der Waals surface area contributed by atoms with Gasteiger partial charge in [-0.05, 0) is 53.1 Å². The maximum absolute atomic E-state index is 14.7. The van der Waals surface area contributed by atoms with E-state index in [1.165, 1.54) is 36.4 Å². The van der Waals surface area contributed by atoms with Crippen LogP contribution < -0.4 is 10.6 Å². The lowest BCUT2D eigenvalue weighted by molar-refractivity contribution is -0.338. The lowest BCUT2D eigenvalue weighted by atomic mass is 9.87. The van der Waals surface area contributed by atoms with Crippen molar-refractivity contribution in [3.8, 4) is 23.5 Å². The minimum absolute atomic E-state index is 0.00583. The van der Waals surface area contributed by atoms with E-state index >= 15 is 0 Å². The average Bonchev–Trinajstić information content (AvgIpc) is 1.09. The van der Waals surface area contributed by atoms with Gasteiger partial charge in [-0.1, -0.05) is 109 Å².